The summed E-state index contributed by atoms with van der Waals surface area (Å²) in [5, 5.41) is 0. The quantitative estimate of drug-likeness (QED) is 0.624. The highest BCUT2D eigenvalue weighted by molar-refractivity contribution is 4.75. The molecule has 2 heteroatoms. The van der Waals surface area contributed by atoms with E-state index in [1.54, 1.807) is 0 Å². The maximum atomic E-state index is 5.87. The van der Waals surface area contributed by atoms with E-state index in [1.807, 2.05) is 0 Å². The van der Waals surface area contributed by atoms with E-state index in [0.717, 1.165) is 12.3 Å². The fraction of sp³-hybridized carbons (Fsp3) is 1.00. The Morgan fingerprint density at radius 3 is 2.80 bits per heavy atom. The number of likely N-dealkylation sites (tertiary alicyclic amines) is 1. The molecule has 1 aliphatic rings. The molecule has 2 nitrogen and oxygen atoms in total. The van der Waals surface area contributed by atoms with Crippen LogP contribution in [0.5, 0.6) is 0 Å². The number of nitrogens with zero attached hydrogens (tertiary/aromatic N) is 1. The summed E-state index contributed by atoms with van der Waals surface area (Å²) in [6, 6.07) is 0. The number of hydrogen-bond donors (Lipinski definition) is 1. The van der Waals surface area contributed by atoms with E-state index in [9.17, 15) is 0 Å². The van der Waals surface area contributed by atoms with Gasteiger partial charge < -0.3 is 5.73 Å². The summed E-state index contributed by atoms with van der Waals surface area (Å²) >= 11 is 0. The highest BCUT2D eigenvalue weighted by atomic mass is 15.2. The molecule has 0 amide bonds. The average molecular weight is 142 g/mol. The van der Waals surface area contributed by atoms with Crippen molar-refractivity contribution >= 4 is 0 Å². The van der Waals surface area contributed by atoms with Crippen LogP contribution in [0.2, 0.25) is 0 Å². The molecular weight excluding hydrogens is 124 g/mol. The van der Waals surface area contributed by atoms with Crippen LogP contribution in [0, 0.1) is 5.92 Å². The molecule has 2 atom stereocenters. The van der Waals surface area contributed by atoms with Gasteiger partial charge in [-0.15, -0.1) is 0 Å². The van der Waals surface area contributed by atoms with Crippen molar-refractivity contribution < 1.29 is 0 Å². The SMILES string of the molecule is CCC(N)N1CCC(C)C1. The first-order valence-electron chi connectivity index (χ1n) is 4.23. The van der Waals surface area contributed by atoms with Crippen molar-refractivity contribution in [3.05, 3.63) is 0 Å². The molecule has 10 heavy (non-hydrogen) atoms. The lowest BCUT2D eigenvalue weighted by atomic mass is 10.2. The van der Waals surface area contributed by atoms with Crippen LogP contribution >= 0.6 is 0 Å². The van der Waals surface area contributed by atoms with E-state index in [1.165, 1.54) is 19.5 Å². The Kier molecular flexibility index (Phi) is 2.69. The van der Waals surface area contributed by atoms with Gasteiger partial charge in [-0.2, -0.15) is 0 Å². The number of hydrogen-bond acceptors (Lipinski definition) is 2. The fourth-order valence-corrected chi connectivity index (χ4v) is 1.53. The minimum absolute atomic E-state index is 0.310. The van der Waals surface area contributed by atoms with Gasteiger partial charge in [-0.3, -0.25) is 4.90 Å². The highest BCUT2D eigenvalue weighted by Gasteiger charge is 2.21. The first kappa shape index (κ1) is 8.02. The molecule has 0 spiro atoms. The van der Waals surface area contributed by atoms with E-state index in [4.69, 9.17) is 5.73 Å². The summed E-state index contributed by atoms with van der Waals surface area (Å²) < 4.78 is 0. The Balaban J connectivity index is 2.29. The predicted octanol–water partition coefficient (Wildman–Crippen LogP) is 1.02. The largest absolute Gasteiger partial charge is 0.316 e. The molecule has 0 aromatic heterocycles. The summed E-state index contributed by atoms with van der Waals surface area (Å²) in [7, 11) is 0. The lowest BCUT2D eigenvalue weighted by Crippen LogP contribution is -2.39. The molecule has 1 fully saturated rings. The standard InChI is InChI=1S/C8H18N2/c1-3-8(9)10-5-4-7(2)6-10/h7-8H,3-6,9H2,1-2H3. The van der Waals surface area contributed by atoms with Gasteiger partial charge in [0.2, 0.25) is 0 Å². The van der Waals surface area contributed by atoms with Crippen LogP contribution in [0.25, 0.3) is 0 Å². The topological polar surface area (TPSA) is 29.3 Å². The van der Waals surface area contributed by atoms with Crippen molar-refractivity contribution in [3.8, 4) is 0 Å². The van der Waals surface area contributed by atoms with Gasteiger partial charge in [-0.1, -0.05) is 13.8 Å². The van der Waals surface area contributed by atoms with Crippen molar-refractivity contribution in [1.29, 1.82) is 0 Å². The molecule has 0 aliphatic carbocycles. The Hall–Kier alpha value is -0.0800. The third-order valence-electron chi connectivity index (χ3n) is 2.34. The lowest BCUT2D eigenvalue weighted by molar-refractivity contribution is 0.235. The second-order valence-electron chi connectivity index (χ2n) is 3.36. The van der Waals surface area contributed by atoms with Gasteiger partial charge in [0.25, 0.3) is 0 Å². The Bertz CT molecular complexity index is 103. The van der Waals surface area contributed by atoms with Crippen molar-refractivity contribution in [2.75, 3.05) is 13.1 Å². The summed E-state index contributed by atoms with van der Waals surface area (Å²) in [5.74, 6) is 0.859. The molecule has 0 saturated carbocycles. The van der Waals surface area contributed by atoms with Gasteiger partial charge in [0.1, 0.15) is 0 Å². The fourth-order valence-electron chi connectivity index (χ4n) is 1.53. The predicted molar refractivity (Wildman–Crippen MR) is 43.6 cm³/mol. The van der Waals surface area contributed by atoms with Crippen molar-refractivity contribution in [2.45, 2.75) is 32.9 Å². The molecule has 0 aromatic carbocycles. The second-order valence-corrected chi connectivity index (χ2v) is 3.36. The van der Waals surface area contributed by atoms with Crippen molar-refractivity contribution in [3.63, 3.8) is 0 Å². The maximum Gasteiger partial charge on any atom is 0.0569 e. The van der Waals surface area contributed by atoms with Crippen LogP contribution in [-0.2, 0) is 0 Å². The monoisotopic (exact) mass is 142 g/mol. The van der Waals surface area contributed by atoms with Crippen LogP contribution in [-0.4, -0.2) is 24.2 Å². The van der Waals surface area contributed by atoms with Crippen LogP contribution in [0.3, 0.4) is 0 Å². The van der Waals surface area contributed by atoms with Gasteiger partial charge in [0.15, 0.2) is 0 Å². The van der Waals surface area contributed by atoms with Gasteiger partial charge >= 0.3 is 0 Å². The molecule has 1 heterocycles. The van der Waals surface area contributed by atoms with Crippen LogP contribution < -0.4 is 5.73 Å². The van der Waals surface area contributed by atoms with Gasteiger partial charge in [-0.05, 0) is 25.3 Å². The van der Waals surface area contributed by atoms with Crippen molar-refractivity contribution in [2.24, 2.45) is 11.7 Å². The van der Waals surface area contributed by atoms with E-state index in [0.29, 0.717) is 6.17 Å². The molecule has 0 aromatic rings. The average Bonchev–Trinajstić information content (AvgIpc) is 2.34. The highest BCUT2D eigenvalue weighted by Crippen LogP contribution is 2.16. The molecule has 1 aliphatic heterocycles. The summed E-state index contributed by atoms with van der Waals surface area (Å²) in [4.78, 5) is 2.38. The molecule has 2 N–H and O–H groups in total. The van der Waals surface area contributed by atoms with Gasteiger partial charge in [0, 0.05) is 6.54 Å². The molecule has 2 unspecified atom stereocenters. The van der Waals surface area contributed by atoms with Crippen molar-refractivity contribution in [1.82, 2.24) is 4.90 Å². The normalized spacial score (nSPS) is 30.9. The summed E-state index contributed by atoms with van der Waals surface area (Å²) in [5.41, 5.74) is 5.87. The number of rotatable bonds is 2. The minimum Gasteiger partial charge on any atom is -0.316 e. The summed E-state index contributed by atoms with van der Waals surface area (Å²) in [6.45, 7) is 6.85. The van der Waals surface area contributed by atoms with E-state index >= 15 is 0 Å². The maximum absolute atomic E-state index is 5.87. The van der Waals surface area contributed by atoms with Crippen LogP contribution in [0.1, 0.15) is 26.7 Å². The molecule has 1 saturated heterocycles. The zero-order valence-corrected chi connectivity index (χ0v) is 7.01. The third kappa shape index (κ3) is 1.70. The van der Waals surface area contributed by atoms with Crippen LogP contribution in [0.4, 0.5) is 0 Å². The molecule has 60 valence electrons. The molecule has 1 rings (SSSR count). The second kappa shape index (κ2) is 3.35. The number of nitrogens with two attached hydrogens (primary N) is 1. The Morgan fingerprint density at radius 1 is 1.70 bits per heavy atom. The van der Waals surface area contributed by atoms with E-state index in [2.05, 4.69) is 18.7 Å². The molecule has 0 radical (unpaired) electrons. The zero-order valence-electron chi connectivity index (χ0n) is 7.01. The Labute approximate surface area is 63.4 Å². The molecular formula is C8H18N2. The minimum atomic E-state index is 0.310. The smallest absolute Gasteiger partial charge is 0.0569 e. The van der Waals surface area contributed by atoms with Crippen LogP contribution in [0.15, 0.2) is 0 Å². The Morgan fingerprint density at radius 2 is 2.40 bits per heavy atom. The first-order chi connectivity index (χ1) is 4.74. The molecule has 0 bridgehead atoms. The zero-order chi connectivity index (χ0) is 7.56. The van der Waals surface area contributed by atoms with E-state index < -0.39 is 0 Å². The third-order valence-corrected chi connectivity index (χ3v) is 2.34. The lowest BCUT2D eigenvalue weighted by Gasteiger charge is -2.22. The first-order valence-corrected chi connectivity index (χ1v) is 4.23. The van der Waals surface area contributed by atoms with Gasteiger partial charge in [0.05, 0.1) is 6.17 Å². The summed E-state index contributed by atoms with van der Waals surface area (Å²) in [6.07, 6.45) is 2.71. The van der Waals surface area contributed by atoms with Gasteiger partial charge in [-0.25, -0.2) is 0 Å². The van der Waals surface area contributed by atoms with E-state index in [-0.39, 0.29) is 0 Å².